The van der Waals surface area contributed by atoms with Crippen LogP contribution < -0.4 is 11.1 Å². The quantitative estimate of drug-likeness (QED) is 0.502. The lowest BCUT2D eigenvalue weighted by Gasteiger charge is -2.14. The van der Waals surface area contributed by atoms with Crippen LogP contribution in [0.1, 0.15) is 10.4 Å². The summed E-state index contributed by atoms with van der Waals surface area (Å²) in [5, 5.41) is 2.62. The lowest BCUT2D eigenvalue weighted by Crippen LogP contribution is -2.08. The maximum atomic E-state index is 13.4. The van der Waals surface area contributed by atoms with Gasteiger partial charge >= 0.3 is 5.97 Å². The predicted octanol–water partition coefficient (Wildman–Crippen LogP) is 4.24. The number of methoxy groups -OCH3 is 1. The summed E-state index contributed by atoms with van der Waals surface area (Å²) in [6.07, 6.45) is 0. The highest BCUT2D eigenvalue weighted by molar-refractivity contribution is 6.35. The largest absolute Gasteiger partial charge is 0.465 e. The Balaban J connectivity index is 2.47. The molecule has 7 heteroatoms. The molecule has 0 fully saturated rings. The van der Waals surface area contributed by atoms with Gasteiger partial charge in [-0.15, -0.1) is 0 Å². The van der Waals surface area contributed by atoms with Gasteiger partial charge < -0.3 is 15.8 Å². The molecular formula is C14H11Cl2FN2O2. The lowest BCUT2D eigenvalue weighted by molar-refractivity contribution is 0.0602. The summed E-state index contributed by atoms with van der Waals surface area (Å²) in [7, 11) is 1.26. The first-order valence-corrected chi connectivity index (χ1v) is 6.58. The van der Waals surface area contributed by atoms with Crippen LogP contribution in [-0.2, 0) is 4.74 Å². The van der Waals surface area contributed by atoms with Crippen LogP contribution in [0.5, 0.6) is 0 Å². The molecule has 0 aliphatic carbocycles. The number of carbonyl (C=O) groups is 1. The fourth-order valence-electron chi connectivity index (χ4n) is 1.76. The lowest BCUT2D eigenvalue weighted by atomic mass is 10.1. The van der Waals surface area contributed by atoms with Crippen molar-refractivity contribution in [2.75, 3.05) is 18.2 Å². The van der Waals surface area contributed by atoms with E-state index in [4.69, 9.17) is 28.9 Å². The number of nitrogens with one attached hydrogen (secondary N) is 1. The molecule has 2 aromatic rings. The van der Waals surface area contributed by atoms with E-state index in [0.717, 1.165) is 0 Å². The third-order valence-electron chi connectivity index (χ3n) is 2.76. The van der Waals surface area contributed by atoms with Crippen LogP contribution in [0.15, 0.2) is 30.3 Å². The third-order valence-corrected chi connectivity index (χ3v) is 3.31. The van der Waals surface area contributed by atoms with Gasteiger partial charge in [-0.2, -0.15) is 0 Å². The number of halogens is 3. The van der Waals surface area contributed by atoms with Gasteiger partial charge in [-0.1, -0.05) is 29.3 Å². The van der Waals surface area contributed by atoms with Crippen molar-refractivity contribution in [1.82, 2.24) is 0 Å². The van der Waals surface area contributed by atoms with E-state index in [0.29, 0.717) is 17.1 Å². The number of esters is 1. The van der Waals surface area contributed by atoms with Gasteiger partial charge in [0.25, 0.3) is 0 Å². The molecule has 0 radical (unpaired) electrons. The normalized spacial score (nSPS) is 10.3. The van der Waals surface area contributed by atoms with Crippen molar-refractivity contribution < 1.29 is 13.9 Å². The number of nitrogen functional groups attached to an aromatic ring is 1. The highest BCUT2D eigenvalue weighted by Gasteiger charge is 2.15. The summed E-state index contributed by atoms with van der Waals surface area (Å²) in [6.45, 7) is 0. The van der Waals surface area contributed by atoms with Gasteiger partial charge in [0.2, 0.25) is 0 Å². The zero-order chi connectivity index (χ0) is 15.6. The summed E-state index contributed by atoms with van der Waals surface area (Å²) in [5.41, 5.74) is 7.16. The monoisotopic (exact) mass is 328 g/mol. The number of hydrogen-bond donors (Lipinski definition) is 2. The molecule has 21 heavy (non-hydrogen) atoms. The van der Waals surface area contributed by atoms with E-state index in [1.807, 2.05) is 0 Å². The molecule has 0 aliphatic heterocycles. The van der Waals surface area contributed by atoms with E-state index in [9.17, 15) is 9.18 Å². The number of anilines is 3. The molecule has 0 spiro atoms. The minimum absolute atomic E-state index is 0.140. The highest BCUT2D eigenvalue weighted by atomic mass is 35.5. The van der Waals surface area contributed by atoms with Crippen LogP contribution in [0.2, 0.25) is 10.0 Å². The van der Waals surface area contributed by atoms with E-state index in [-0.39, 0.29) is 15.6 Å². The van der Waals surface area contributed by atoms with Crippen LogP contribution in [0.4, 0.5) is 21.5 Å². The van der Waals surface area contributed by atoms with Crippen molar-refractivity contribution >= 4 is 46.2 Å². The second-order valence-corrected chi connectivity index (χ2v) is 4.95. The van der Waals surface area contributed by atoms with Crippen molar-refractivity contribution in [2.24, 2.45) is 0 Å². The Morgan fingerprint density at radius 3 is 2.48 bits per heavy atom. The molecule has 0 aromatic heterocycles. The number of rotatable bonds is 3. The molecule has 4 nitrogen and oxygen atoms in total. The molecule has 0 unspecified atom stereocenters. The summed E-state index contributed by atoms with van der Waals surface area (Å²) in [4.78, 5) is 11.7. The van der Waals surface area contributed by atoms with Gasteiger partial charge in [0, 0.05) is 5.69 Å². The van der Waals surface area contributed by atoms with Crippen LogP contribution in [0.25, 0.3) is 0 Å². The number of hydrogen-bond acceptors (Lipinski definition) is 4. The average Bonchev–Trinajstić information content (AvgIpc) is 2.46. The minimum Gasteiger partial charge on any atom is -0.465 e. The van der Waals surface area contributed by atoms with Crippen molar-refractivity contribution in [3.05, 3.63) is 51.8 Å². The van der Waals surface area contributed by atoms with E-state index in [1.165, 1.54) is 19.2 Å². The number of carbonyl (C=O) groups excluding carboxylic acids is 1. The Morgan fingerprint density at radius 1 is 1.29 bits per heavy atom. The first-order chi connectivity index (χ1) is 9.93. The number of ether oxygens (including phenoxy) is 1. The molecule has 2 aromatic carbocycles. The Hall–Kier alpha value is -1.98. The molecule has 0 saturated heterocycles. The van der Waals surface area contributed by atoms with Gasteiger partial charge in [0.15, 0.2) is 5.82 Å². The molecular weight excluding hydrogens is 318 g/mol. The van der Waals surface area contributed by atoms with Crippen molar-refractivity contribution in [2.45, 2.75) is 0 Å². The second kappa shape index (κ2) is 6.20. The molecule has 0 saturated carbocycles. The van der Waals surface area contributed by atoms with Gasteiger partial charge in [0.1, 0.15) is 0 Å². The standard InChI is InChI=1S/C14H11Cl2FN2O2/c1-21-14(20)8-3-2-4-11(18)13(8)19-7-5-9(15)12(17)10(16)6-7/h2-6,19H,18H2,1H3. The van der Waals surface area contributed by atoms with E-state index < -0.39 is 11.8 Å². The van der Waals surface area contributed by atoms with Crippen molar-refractivity contribution in [3.63, 3.8) is 0 Å². The summed E-state index contributed by atoms with van der Waals surface area (Å²) >= 11 is 11.5. The number of benzene rings is 2. The molecule has 0 heterocycles. The summed E-state index contributed by atoms with van der Waals surface area (Å²) < 4.78 is 18.1. The average molecular weight is 329 g/mol. The molecule has 2 rings (SSSR count). The zero-order valence-electron chi connectivity index (χ0n) is 10.9. The van der Waals surface area contributed by atoms with Gasteiger partial charge in [-0.3, -0.25) is 0 Å². The molecule has 0 amide bonds. The van der Waals surface area contributed by atoms with Crippen LogP contribution in [0, 0.1) is 5.82 Å². The van der Waals surface area contributed by atoms with E-state index >= 15 is 0 Å². The van der Waals surface area contributed by atoms with Gasteiger partial charge in [0.05, 0.1) is 34.1 Å². The number of nitrogens with two attached hydrogens (primary N) is 1. The maximum Gasteiger partial charge on any atom is 0.340 e. The van der Waals surface area contributed by atoms with E-state index in [1.54, 1.807) is 18.2 Å². The van der Waals surface area contributed by atoms with Gasteiger partial charge in [-0.25, -0.2) is 9.18 Å². The first-order valence-electron chi connectivity index (χ1n) is 5.82. The van der Waals surface area contributed by atoms with E-state index in [2.05, 4.69) is 10.1 Å². The Labute approximate surface area is 130 Å². The predicted molar refractivity (Wildman–Crippen MR) is 81.9 cm³/mol. The number of para-hydroxylation sites is 1. The SMILES string of the molecule is COC(=O)c1cccc(N)c1Nc1cc(Cl)c(F)c(Cl)c1. The van der Waals surface area contributed by atoms with Crippen LogP contribution >= 0.6 is 23.2 Å². The second-order valence-electron chi connectivity index (χ2n) is 4.14. The van der Waals surface area contributed by atoms with Gasteiger partial charge in [-0.05, 0) is 24.3 Å². The third kappa shape index (κ3) is 3.20. The first kappa shape index (κ1) is 15.4. The molecule has 0 bridgehead atoms. The van der Waals surface area contributed by atoms with Crippen LogP contribution in [0.3, 0.4) is 0 Å². The van der Waals surface area contributed by atoms with Crippen LogP contribution in [-0.4, -0.2) is 13.1 Å². The zero-order valence-corrected chi connectivity index (χ0v) is 12.4. The molecule has 0 aliphatic rings. The molecule has 0 atom stereocenters. The minimum atomic E-state index is -0.710. The smallest absolute Gasteiger partial charge is 0.340 e. The summed E-state index contributed by atoms with van der Waals surface area (Å²) in [5.74, 6) is -1.26. The molecule has 3 N–H and O–H groups in total. The van der Waals surface area contributed by atoms with Crippen molar-refractivity contribution in [1.29, 1.82) is 0 Å². The maximum absolute atomic E-state index is 13.4. The Morgan fingerprint density at radius 2 is 1.90 bits per heavy atom. The van der Waals surface area contributed by atoms with Crippen molar-refractivity contribution in [3.8, 4) is 0 Å². The Kier molecular flexibility index (Phi) is 4.55. The fourth-order valence-corrected chi connectivity index (χ4v) is 2.25. The molecule has 110 valence electrons. The fraction of sp³-hybridized carbons (Fsp3) is 0.0714. The summed E-state index contributed by atoms with van der Waals surface area (Å²) in [6, 6.07) is 7.47. The Bertz CT molecular complexity index is 684. The highest BCUT2D eigenvalue weighted by Crippen LogP contribution is 2.32. The topological polar surface area (TPSA) is 64.3 Å².